The van der Waals surface area contributed by atoms with E-state index in [2.05, 4.69) is 15.0 Å². The van der Waals surface area contributed by atoms with E-state index >= 15 is 0 Å². The number of ether oxygens (including phenoxy) is 3. The fraction of sp³-hybridized carbons (Fsp3) is 0.269. The molecule has 1 amide bonds. The number of rotatable bonds is 9. The topological polar surface area (TPSA) is 89.6 Å². The van der Waals surface area contributed by atoms with Crippen LogP contribution in [0.4, 0.5) is 0 Å². The maximum absolute atomic E-state index is 12.1. The number of hydrogen-bond acceptors (Lipinski definition) is 6. The largest absolute Gasteiger partial charge is 0.489 e. The number of carbonyl (C=O) groups is 1. The fourth-order valence-corrected chi connectivity index (χ4v) is 3.51. The van der Waals surface area contributed by atoms with Gasteiger partial charge in [-0.2, -0.15) is 0 Å². The SMILES string of the molecule is COC[C@H](C)Oc1cc(OCc2ccc(C(=O)N(C)C)cc2)cc(-c2nc3ncccc3[nH]2)c1. The Morgan fingerprint density at radius 3 is 2.56 bits per heavy atom. The van der Waals surface area contributed by atoms with E-state index in [0.29, 0.717) is 41.7 Å². The first-order valence-electron chi connectivity index (χ1n) is 11.0. The molecule has 0 saturated heterocycles. The van der Waals surface area contributed by atoms with Gasteiger partial charge in [-0.05, 0) is 48.9 Å². The molecular weight excluding hydrogens is 432 g/mol. The number of amides is 1. The van der Waals surface area contributed by atoms with Crippen LogP contribution >= 0.6 is 0 Å². The maximum atomic E-state index is 12.1. The summed E-state index contributed by atoms with van der Waals surface area (Å²) < 4.78 is 17.3. The molecule has 0 unspecified atom stereocenters. The van der Waals surface area contributed by atoms with E-state index in [1.165, 1.54) is 0 Å². The van der Waals surface area contributed by atoms with E-state index in [1.807, 2.05) is 49.4 Å². The third-order valence-electron chi connectivity index (χ3n) is 5.16. The molecule has 0 spiro atoms. The third kappa shape index (κ3) is 5.52. The minimum atomic E-state index is -0.132. The molecule has 8 heteroatoms. The van der Waals surface area contributed by atoms with Crippen LogP contribution in [0.1, 0.15) is 22.8 Å². The molecule has 0 aliphatic carbocycles. The molecule has 4 aromatic rings. The van der Waals surface area contributed by atoms with Gasteiger partial charge in [0.05, 0.1) is 12.1 Å². The monoisotopic (exact) mass is 460 g/mol. The molecule has 0 aliphatic rings. The quantitative estimate of drug-likeness (QED) is 0.400. The Balaban J connectivity index is 1.58. The number of benzene rings is 2. The van der Waals surface area contributed by atoms with Gasteiger partial charge in [0, 0.05) is 44.6 Å². The van der Waals surface area contributed by atoms with Crippen molar-refractivity contribution >= 4 is 17.1 Å². The van der Waals surface area contributed by atoms with Gasteiger partial charge >= 0.3 is 0 Å². The molecule has 4 rings (SSSR count). The molecular formula is C26H28N4O4. The van der Waals surface area contributed by atoms with Crippen LogP contribution in [-0.2, 0) is 11.3 Å². The Hall–Kier alpha value is -3.91. The molecule has 2 heterocycles. The third-order valence-corrected chi connectivity index (χ3v) is 5.16. The number of aromatic amines is 1. The summed E-state index contributed by atoms with van der Waals surface area (Å²) in [7, 11) is 5.11. The number of carbonyl (C=O) groups excluding carboxylic acids is 1. The predicted molar refractivity (Wildman–Crippen MR) is 130 cm³/mol. The van der Waals surface area contributed by atoms with Crippen molar-refractivity contribution in [2.24, 2.45) is 0 Å². The van der Waals surface area contributed by atoms with E-state index in [0.717, 1.165) is 16.6 Å². The Labute approximate surface area is 198 Å². The van der Waals surface area contributed by atoms with E-state index in [1.54, 1.807) is 44.4 Å². The van der Waals surface area contributed by atoms with Crippen molar-refractivity contribution in [3.05, 3.63) is 71.9 Å². The van der Waals surface area contributed by atoms with Crippen LogP contribution in [-0.4, -0.2) is 59.7 Å². The first-order valence-corrected chi connectivity index (χ1v) is 11.0. The number of pyridine rings is 1. The second kappa shape index (κ2) is 10.4. The second-order valence-corrected chi connectivity index (χ2v) is 8.22. The van der Waals surface area contributed by atoms with Crippen molar-refractivity contribution in [2.75, 3.05) is 27.8 Å². The molecule has 8 nitrogen and oxygen atoms in total. The van der Waals surface area contributed by atoms with Gasteiger partial charge in [0.1, 0.15) is 30.0 Å². The first-order chi connectivity index (χ1) is 16.4. The van der Waals surface area contributed by atoms with Gasteiger partial charge in [-0.3, -0.25) is 4.79 Å². The Morgan fingerprint density at radius 1 is 1.09 bits per heavy atom. The minimum Gasteiger partial charge on any atom is -0.489 e. The maximum Gasteiger partial charge on any atom is 0.253 e. The van der Waals surface area contributed by atoms with Gasteiger partial charge in [-0.1, -0.05) is 12.1 Å². The number of H-pyrrole nitrogens is 1. The van der Waals surface area contributed by atoms with E-state index in [9.17, 15) is 4.79 Å². The van der Waals surface area contributed by atoms with Crippen LogP contribution in [0.3, 0.4) is 0 Å². The number of hydrogen-bond donors (Lipinski definition) is 1. The number of nitrogens with one attached hydrogen (secondary N) is 1. The zero-order chi connectivity index (χ0) is 24.1. The van der Waals surface area contributed by atoms with Gasteiger partial charge in [-0.25, -0.2) is 9.97 Å². The van der Waals surface area contributed by atoms with Crippen molar-refractivity contribution in [1.82, 2.24) is 19.9 Å². The summed E-state index contributed by atoms with van der Waals surface area (Å²) >= 11 is 0. The van der Waals surface area contributed by atoms with Crippen LogP contribution in [0, 0.1) is 0 Å². The number of imidazole rings is 1. The summed E-state index contributed by atoms with van der Waals surface area (Å²) in [6.07, 6.45) is 1.58. The average molecular weight is 461 g/mol. The fourth-order valence-electron chi connectivity index (χ4n) is 3.51. The van der Waals surface area contributed by atoms with Crippen molar-refractivity contribution in [3.63, 3.8) is 0 Å². The standard InChI is InChI=1S/C26H28N4O4/c1-17(15-32-4)34-22-13-20(24-28-23-6-5-11-27-25(23)29-24)12-21(14-22)33-16-18-7-9-19(10-8-18)26(31)30(2)3/h5-14,17H,15-16H2,1-4H3,(H,27,28,29)/t17-/m0/s1. The molecule has 34 heavy (non-hydrogen) atoms. The van der Waals surface area contributed by atoms with Crippen molar-refractivity contribution in [1.29, 1.82) is 0 Å². The van der Waals surface area contributed by atoms with Gasteiger partial charge in [0.2, 0.25) is 0 Å². The highest BCUT2D eigenvalue weighted by molar-refractivity contribution is 5.93. The van der Waals surface area contributed by atoms with E-state index in [-0.39, 0.29) is 12.0 Å². The molecule has 176 valence electrons. The van der Waals surface area contributed by atoms with Crippen LogP contribution in [0.2, 0.25) is 0 Å². The molecule has 0 radical (unpaired) electrons. The number of methoxy groups -OCH3 is 1. The molecule has 0 bridgehead atoms. The zero-order valence-corrected chi connectivity index (χ0v) is 19.7. The predicted octanol–water partition coefficient (Wildman–Crippen LogP) is 4.32. The van der Waals surface area contributed by atoms with Gasteiger partial charge in [0.25, 0.3) is 5.91 Å². The normalized spacial score (nSPS) is 11.9. The molecule has 0 saturated carbocycles. The molecule has 0 aliphatic heterocycles. The lowest BCUT2D eigenvalue weighted by molar-refractivity contribution is 0.0827. The van der Waals surface area contributed by atoms with Crippen LogP contribution in [0.25, 0.3) is 22.6 Å². The molecule has 2 aromatic carbocycles. The first kappa shape index (κ1) is 23.3. The number of aromatic nitrogens is 3. The van der Waals surface area contributed by atoms with E-state index in [4.69, 9.17) is 14.2 Å². The Bertz CT molecular complexity index is 1230. The Kier molecular flexibility index (Phi) is 7.08. The summed E-state index contributed by atoms with van der Waals surface area (Å²) in [5.74, 6) is 1.93. The summed E-state index contributed by atoms with van der Waals surface area (Å²) in [4.78, 5) is 25.9. The summed E-state index contributed by atoms with van der Waals surface area (Å²) in [5, 5.41) is 0. The van der Waals surface area contributed by atoms with Gasteiger partial charge in [-0.15, -0.1) is 0 Å². The average Bonchev–Trinajstić information content (AvgIpc) is 3.27. The van der Waals surface area contributed by atoms with Crippen LogP contribution in [0.5, 0.6) is 11.5 Å². The highest BCUT2D eigenvalue weighted by Crippen LogP contribution is 2.30. The lowest BCUT2D eigenvalue weighted by Crippen LogP contribution is -2.21. The zero-order valence-electron chi connectivity index (χ0n) is 19.7. The second-order valence-electron chi connectivity index (χ2n) is 8.22. The van der Waals surface area contributed by atoms with Crippen LogP contribution < -0.4 is 9.47 Å². The molecule has 1 atom stereocenters. The van der Waals surface area contributed by atoms with Gasteiger partial charge in [0.15, 0.2) is 5.65 Å². The number of fused-ring (bicyclic) bond motifs is 1. The van der Waals surface area contributed by atoms with Crippen LogP contribution in [0.15, 0.2) is 60.8 Å². The van der Waals surface area contributed by atoms with Gasteiger partial charge < -0.3 is 24.1 Å². The highest BCUT2D eigenvalue weighted by atomic mass is 16.5. The smallest absolute Gasteiger partial charge is 0.253 e. The van der Waals surface area contributed by atoms with Crippen molar-refractivity contribution in [3.8, 4) is 22.9 Å². The molecule has 0 fully saturated rings. The number of nitrogens with zero attached hydrogens (tertiary/aromatic N) is 3. The summed E-state index contributed by atoms with van der Waals surface area (Å²) in [6, 6.07) is 16.9. The van der Waals surface area contributed by atoms with E-state index < -0.39 is 0 Å². The Morgan fingerprint density at radius 2 is 1.85 bits per heavy atom. The summed E-state index contributed by atoms with van der Waals surface area (Å²) in [5.41, 5.74) is 3.90. The molecule has 2 aromatic heterocycles. The lowest BCUT2D eigenvalue weighted by atomic mass is 10.1. The summed E-state index contributed by atoms with van der Waals surface area (Å²) in [6.45, 7) is 2.75. The minimum absolute atomic E-state index is 0.0348. The molecule has 1 N–H and O–H groups in total. The highest BCUT2D eigenvalue weighted by Gasteiger charge is 2.13. The van der Waals surface area contributed by atoms with Crippen molar-refractivity contribution < 1.29 is 19.0 Å². The van der Waals surface area contributed by atoms with Crippen molar-refractivity contribution in [2.45, 2.75) is 19.6 Å². The lowest BCUT2D eigenvalue weighted by Gasteiger charge is -2.16.